The maximum atomic E-state index is 13.9. The fraction of sp³-hybridized carbons (Fsp3) is 0.319. The molecule has 2 saturated heterocycles. The zero-order valence-electron chi connectivity index (χ0n) is 34.5. The van der Waals surface area contributed by atoms with E-state index in [1.54, 1.807) is 34.3 Å². The summed E-state index contributed by atoms with van der Waals surface area (Å²) in [6, 6.07) is 22.9. The second-order valence-corrected chi connectivity index (χ2v) is 15.2. The highest BCUT2D eigenvalue weighted by molar-refractivity contribution is 5.88. The quantitative estimate of drug-likeness (QED) is 0.113. The number of imidazole rings is 2. The number of nitrogens with zero attached hydrogens (tertiary/aromatic N) is 4. The van der Waals surface area contributed by atoms with Crippen molar-refractivity contribution in [1.82, 2.24) is 40.4 Å². The van der Waals surface area contributed by atoms with Crippen molar-refractivity contribution in [3.05, 3.63) is 120 Å². The van der Waals surface area contributed by atoms with E-state index in [1.807, 2.05) is 74.5 Å². The van der Waals surface area contributed by atoms with Crippen molar-refractivity contribution in [3.8, 4) is 46.1 Å². The number of alkyl carbamates (subject to hydrolysis) is 2. The molecule has 14 nitrogen and oxygen atoms in total. The molecule has 61 heavy (non-hydrogen) atoms. The molecule has 2 fully saturated rings. The lowest BCUT2D eigenvalue weighted by Gasteiger charge is -2.30. The number of likely N-dealkylation sites (tertiary alicyclic amines) is 2. The number of nitrogens with one attached hydrogen (secondary N) is 4. The fourth-order valence-corrected chi connectivity index (χ4v) is 7.88. The molecule has 4 N–H and O–H groups in total. The summed E-state index contributed by atoms with van der Waals surface area (Å²) >= 11 is 0. The Balaban J connectivity index is 1.08. The Morgan fingerprint density at radius 3 is 2.00 bits per heavy atom. The summed E-state index contributed by atoms with van der Waals surface area (Å²) < 4.78 is 9.59. The van der Waals surface area contributed by atoms with Crippen LogP contribution in [0.25, 0.3) is 22.4 Å². The van der Waals surface area contributed by atoms with Crippen LogP contribution in [0, 0.1) is 29.6 Å². The molecule has 0 radical (unpaired) electrons. The third-order valence-corrected chi connectivity index (χ3v) is 11.0. The standard InChI is InChI=1S/C47H48N8O6/c1-30(2)40(52-46(58)60-3)44(56)54-25-14-22-39(54)43-49-29-37(51-43)34-24-23-32(36(27-34)31-15-7-5-8-16-31)17-11-12-20-35-28-48-42(50-35)38-21-13-26-55(38)45(57)41(53-47(59)61-4)33-18-9-6-10-19-33/h5-10,15-16,18-19,23-24,27-30,38-41H,13-14,21-22,25-26H2,1-4H3,(H,48,50)(H,49,51)(H,52,58)(H,53,59)/t38?,39?,40-,41?/m0/s1. The van der Waals surface area contributed by atoms with Crippen molar-refractivity contribution in [2.45, 2.75) is 63.7 Å². The van der Waals surface area contributed by atoms with Gasteiger partial charge in [0.15, 0.2) is 0 Å². The van der Waals surface area contributed by atoms with Gasteiger partial charge in [-0.05, 0) is 78.2 Å². The number of H-pyrrole nitrogens is 2. The largest absolute Gasteiger partial charge is 0.453 e. The fourth-order valence-electron chi connectivity index (χ4n) is 7.88. The first kappa shape index (κ1) is 41.8. The Hall–Kier alpha value is -7.32. The minimum absolute atomic E-state index is 0.131. The van der Waals surface area contributed by atoms with Crippen molar-refractivity contribution in [3.63, 3.8) is 0 Å². The highest BCUT2D eigenvalue weighted by atomic mass is 16.5. The Bertz CT molecular complexity index is 2490. The summed E-state index contributed by atoms with van der Waals surface area (Å²) in [5, 5.41) is 5.39. The van der Waals surface area contributed by atoms with Crippen LogP contribution in [0.5, 0.6) is 0 Å². The van der Waals surface area contributed by atoms with Crippen LogP contribution >= 0.6 is 0 Å². The number of benzene rings is 3. The molecule has 0 bridgehead atoms. The monoisotopic (exact) mass is 820 g/mol. The Kier molecular flexibility index (Phi) is 13.1. The van der Waals surface area contributed by atoms with E-state index in [1.165, 1.54) is 14.2 Å². The maximum Gasteiger partial charge on any atom is 0.407 e. The molecule has 312 valence electrons. The van der Waals surface area contributed by atoms with Gasteiger partial charge in [0, 0.05) is 24.2 Å². The molecule has 2 aromatic heterocycles. The summed E-state index contributed by atoms with van der Waals surface area (Å²) in [5.74, 6) is 13.0. The predicted molar refractivity (Wildman–Crippen MR) is 228 cm³/mol. The van der Waals surface area contributed by atoms with Crippen molar-refractivity contribution >= 4 is 24.0 Å². The minimum atomic E-state index is -0.910. The van der Waals surface area contributed by atoms with Crippen LogP contribution in [0.15, 0.2) is 91.3 Å². The molecule has 4 amide bonds. The van der Waals surface area contributed by atoms with Gasteiger partial charge in [0.1, 0.15) is 29.4 Å². The van der Waals surface area contributed by atoms with Gasteiger partial charge in [0.2, 0.25) is 5.91 Å². The highest BCUT2D eigenvalue weighted by Crippen LogP contribution is 2.35. The maximum absolute atomic E-state index is 13.9. The summed E-state index contributed by atoms with van der Waals surface area (Å²) in [7, 11) is 2.55. The number of amides is 4. The van der Waals surface area contributed by atoms with Crippen LogP contribution in [-0.2, 0) is 19.1 Å². The molecule has 3 unspecified atom stereocenters. The first-order valence-corrected chi connectivity index (χ1v) is 20.3. The molecule has 5 aromatic rings. The normalized spacial score (nSPS) is 16.7. The third kappa shape index (κ3) is 9.61. The summed E-state index contributed by atoms with van der Waals surface area (Å²) in [6.45, 7) is 4.86. The van der Waals surface area contributed by atoms with E-state index in [9.17, 15) is 19.2 Å². The lowest BCUT2D eigenvalue weighted by Crippen LogP contribution is -2.51. The zero-order chi connectivity index (χ0) is 42.9. The lowest BCUT2D eigenvalue weighted by molar-refractivity contribution is -0.135. The minimum Gasteiger partial charge on any atom is -0.453 e. The SMILES string of the molecule is COC(=O)NC(C(=O)N1CCCC1c1ncc(C#CC#Cc2ccc(-c3cnc(C4CCCN4C(=O)[C@@H](NC(=O)OC)C(C)C)[nH]3)cc2-c2ccccc2)[nH]1)c1ccccc1. The Morgan fingerprint density at radius 1 is 0.721 bits per heavy atom. The van der Waals surface area contributed by atoms with Crippen molar-refractivity contribution < 1.29 is 28.7 Å². The van der Waals surface area contributed by atoms with E-state index in [0.717, 1.165) is 47.2 Å². The number of ether oxygens (including phenoxy) is 2. The average Bonchev–Trinajstić information content (AvgIpc) is 4.14. The summed E-state index contributed by atoms with van der Waals surface area (Å²) in [5.41, 5.74) is 5.60. The number of hydrogen-bond acceptors (Lipinski definition) is 8. The number of rotatable bonds is 10. The van der Waals surface area contributed by atoms with E-state index >= 15 is 0 Å². The average molecular weight is 821 g/mol. The van der Waals surface area contributed by atoms with Crippen molar-refractivity contribution in [2.75, 3.05) is 27.3 Å². The molecule has 2 aliphatic rings. The van der Waals surface area contributed by atoms with Crippen LogP contribution < -0.4 is 10.6 Å². The van der Waals surface area contributed by atoms with Crippen LogP contribution in [0.1, 0.15) is 86.1 Å². The van der Waals surface area contributed by atoms with Gasteiger partial charge in [0.25, 0.3) is 5.91 Å². The van der Waals surface area contributed by atoms with E-state index < -0.39 is 24.3 Å². The summed E-state index contributed by atoms with van der Waals surface area (Å²) in [4.78, 5) is 71.3. The van der Waals surface area contributed by atoms with Gasteiger partial charge in [-0.3, -0.25) is 9.59 Å². The third-order valence-electron chi connectivity index (χ3n) is 11.0. The number of carbonyl (C=O) groups excluding carboxylic acids is 4. The van der Waals surface area contributed by atoms with Gasteiger partial charge >= 0.3 is 12.2 Å². The van der Waals surface area contributed by atoms with Gasteiger partial charge in [0.05, 0.1) is 44.4 Å². The van der Waals surface area contributed by atoms with Crippen LogP contribution in [0.2, 0.25) is 0 Å². The second-order valence-electron chi connectivity index (χ2n) is 15.2. The number of aromatic amines is 2. The van der Waals surface area contributed by atoms with E-state index in [0.29, 0.717) is 42.4 Å². The van der Waals surface area contributed by atoms with Gasteiger partial charge in [-0.25, -0.2) is 19.6 Å². The smallest absolute Gasteiger partial charge is 0.407 e. The van der Waals surface area contributed by atoms with Gasteiger partial charge in [-0.2, -0.15) is 0 Å². The first-order chi connectivity index (χ1) is 29.6. The molecule has 4 atom stereocenters. The number of hydrogen-bond donors (Lipinski definition) is 4. The van der Waals surface area contributed by atoms with Crippen LogP contribution in [-0.4, -0.2) is 87.1 Å². The lowest BCUT2D eigenvalue weighted by atomic mass is 9.96. The molecule has 14 heteroatoms. The molecule has 3 aromatic carbocycles. The summed E-state index contributed by atoms with van der Waals surface area (Å²) in [6.07, 6.45) is 5.14. The van der Waals surface area contributed by atoms with Gasteiger partial charge in [-0.15, -0.1) is 0 Å². The molecule has 0 spiro atoms. The molecule has 0 aliphatic carbocycles. The molecule has 4 heterocycles. The van der Waals surface area contributed by atoms with Crippen molar-refractivity contribution in [2.24, 2.45) is 5.92 Å². The van der Waals surface area contributed by atoms with Crippen LogP contribution in [0.4, 0.5) is 9.59 Å². The Labute approximate surface area is 354 Å². The second kappa shape index (κ2) is 19.2. The molecule has 0 saturated carbocycles. The van der Waals surface area contributed by atoms with E-state index in [2.05, 4.69) is 55.3 Å². The zero-order valence-corrected chi connectivity index (χ0v) is 34.5. The number of carbonyl (C=O) groups is 4. The van der Waals surface area contributed by atoms with E-state index in [4.69, 9.17) is 14.5 Å². The van der Waals surface area contributed by atoms with Crippen molar-refractivity contribution in [1.29, 1.82) is 0 Å². The number of methoxy groups -OCH3 is 2. The van der Waals surface area contributed by atoms with Gasteiger partial charge in [-0.1, -0.05) is 86.5 Å². The highest BCUT2D eigenvalue weighted by Gasteiger charge is 2.38. The molecule has 2 aliphatic heterocycles. The molecule has 7 rings (SSSR count). The van der Waals surface area contributed by atoms with Gasteiger partial charge < -0.3 is 39.9 Å². The Morgan fingerprint density at radius 2 is 1.33 bits per heavy atom. The topological polar surface area (TPSA) is 175 Å². The first-order valence-electron chi connectivity index (χ1n) is 20.3. The van der Waals surface area contributed by atoms with Crippen LogP contribution in [0.3, 0.4) is 0 Å². The molecular formula is C47H48N8O6. The number of aromatic nitrogens is 4. The molecular weight excluding hydrogens is 773 g/mol. The van der Waals surface area contributed by atoms with E-state index in [-0.39, 0.29) is 29.8 Å². The predicted octanol–water partition coefficient (Wildman–Crippen LogP) is 6.67.